The summed E-state index contributed by atoms with van der Waals surface area (Å²) in [6.07, 6.45) is 1.51. The minimum atomic E-state index is -1.19. The van der Waals surface area contributed by atoms with Gasteiger partial charge in [0, 0.05) is 18.1 Å². The largest absolute Gasteiger partial charge is 0.478 e. The number of hydrogen-bond donors (Lipinski definition) is 3. The van der Waals surface area contributed by atoms with Crippen molar-refractivity contribution in [3.63, 3.8) is 0 Å². The smallest absolute Gasteiger partial charge is 0.337 e. The zero-order valence-corrected chi connectivity index (χ0v) is 11.4. The second-order valence-electron chi connectivity index (χ2n) is 3.88. The number of halogens is 1. The van der Waals surface area contributed by atoms with Gasteiger partial charge >= 0.3 is 12.0 Å². The van der Waals surface area contributed by atoms with Crippen LogP contribution in [-0.2, 0) is 0 Å². The fraction of sp³-hybridized carbons (Fsp3) is 0.231. The van der Waals surface area contributed by atoms with Gasteiger partial charge in [0.2, 0.25) is 0 Å². The minimum absolute atomic E-state index is 0.103. The number of aliphatic hydroxyl groups excluding tert-OH is 1. The van der Waals surface area contributed by atoms with Crippen molar-refractivity contribution in [2.24, 2.45) is 0 Å². The van der Waals surface area contributed by atoms with Crippen LogP contribution in [0.4, 0.5) is 10.5 Å². The molecule has 0 spiro atoms. The summed E-state index contributed by atoms with van der Waals surface area (Å²) >= 11 is 5.73. The number of rotatable bonds is 6. The lowest BCUT2D eigenvalue weighted by Gasteiger charge is -2.21. The fourth-order valence-electron chi connectivity index (χ4n) is 1.55. The first-order chi connectivity index (χ1) is 9.49. The van der Waals surface area contributed by atoms with Gasteiger partial charge in [-0.2, -0.15) is 0 Å². The van der Waals surface area contributed by atoms with Crippen LogP contribution in [0.25, 0.3) is 0 Å². The summed E-state index contributed by atoms with van der Waals surface area (Å²) in [5, 5.41) is 20.7. The molecule has 108 valence electrons. The van der Waals surface area contributed by atoms with Gasteiger partial charge in [0.25, 0.3) is 0 Å². The number of benzene rings is 1. The highest BCUT2D eigenvalue weighted by molar-refractivity contribution is 6.31. The molecule has 1 rings (SSSR count). The third kappa shape index (κ3) is 4.25. The molecule has 0 saturated carbocycles. The van der Waals surface area contributed by atoms with Gasteiger partial charge in [0.05, 0.1) is 17.9 Å². The molecule has 3 N–H and O–H groups in total. The Morgan fingerprint density at radius 2 is 2.15 bits per heavy atom. The summed E-state index contributed by atoms with van der Waals surface area (Å²) in [6.45, 7) is 3.67. The van der Waals surface area contributed by atoms with Crippen molar-refractivity contribution < 1.29 is 19.8 Å². The van der Waals surface area contributed by atoms with Crippen LogP contribution in [0.3, 0.4) is 0 Å². The Kier molecular flexibility index (Phi) is 6.02. The maximum atomic E-state index is 12.0. The zero-order valence-electron chi connectivity index (χ0n) is 10.7. The molecule has 0 radical (unpaired) electrons. The molecule has 20 heavy (non-hydrogen) atoms. The molecule has 1 aromatic carbocycles. The molecule has 0 aliphatic heterocycles. The monoisotopic (exact) mass is 298 g/mol. The SMILES string of the molecule is C=CCN(CCO)C(=O)Nc1ccc(Cl)cc1C(=O)O. The van der Waals surface area contributed by atoms with Crippen molar-refractivity contribution in [2.45, 2.75) is 0 Å². The topological polar surface area (TPSA) is 89.9 Å². The minimum Gasteiger partial charge on any atom is -0.478 e. The van der Waals surface area contributed by atoms with Gasteiger partial charge in [-0.25, -0.2) is 9.59 Å². The first kappa shape index (κ1) is 16.0. The number of amides is 2. The van der Waals surface area contributed by atoms with Gasteiger partial charge in [-0.15, -0.1) is 6.58 Å². The Morgan fingerprint density at radius 3 is 2.70 bits per heavy atom. The van der Waals surface area contributed by atoms with Gasteiger partial charge < -0.3 is 20.4 Å². The highest BCUT2D eigenvalue weighted by atomic mass is 35.5. The quantitative estimate of drug-likeness (QED) is 0.701. The van der Waals surface area contributed by atoms with E-state index in [1.165, 1.54) is 29.2 Å². The summed E-state index contributed by atoms with van der Waals surface area (Å²) in [5.41, 5.74) is 0.0345. The Balaban J connectivity index is 2.94. The van der Waals surface area contributed by atoms with Crippen LogP contribution < -0.4 is 5.32 Å². The van der Waals surface area contributed by atoms with Gasteiger partial charge in [0.1, 0.15) is 0 Å². The first-order valence-electron chi connectivity index (χ1n) is 5.80. The molecule has 0 atom stereocenters. The molecule has 0 aliphatic carbocycles. The standard InChI is InChI=1S/C13H15ClN2O4/c1-2-5-16(6-7-17)13(20)15-11-4-3-9(14)8-10(11)12(18)19/h2-4,8,17H,1,5-7H2,(H,15,20)(H,18,19). The normalized spacial score (nSPS) is 9.90. The molecule has 6 nitrogen and oxygen atoms in total. The maximum absolute atomic E-state index is 12.0. The summed E-state index contributed by atoms with van der Waals surface area (Å²) in [5.74, 6) is -1.19. The number of aromatic carboxylic acids is 1. The highest BCUT2D eigenvalue weighted by Crippen LogP contribution is 2.21. The van der Waals surface area contributed by atoms with Crippen molar-refractivity contribution >= 4 is 29.3 Å². The number of nitrogens with one attached hydrogen (secondary N) is 1. The highest BCUT2D eigenvalue weighted by Gasteiger charge is 2.16. The summed E-state index contributed by atoms with van der Waals surface area (Å²) in [4.78, 5) is 24.4. The van der Waals surface area contributed by atoms with Crippen LogP contribution in [0.5, 0.6) is 0 Å². The van der Waals surface area contributed by atoms with E-state index in [2.05, 4.69) is 11.9 Å². The molecule has 0 unspecified atom stereocenters. The lowest BCUT2D eigenvalue weighted by atomic mass is 10.2. The average Bonchev–Trinajstić information content (AvgIpc) is 2.40. The van der Waals surface area contributed by atoms with E-state index in [4.69, 9.17) is 21.8 Å². The maximum Gasteiger partial charge on any atom is 0.337 e. The molecule has 0 aliphatic rings. The van der Waals surface area contributed by atoms with Crippen molar-refractivity contribution in [1.82, 2.24) is 4.90 Å². The molecule has 1 aromatic rings. The number of aliphatic hydroxyl groups is 1. The first-order valence-corrected chi connectivity index (χ1v) is 6.18. The average molecular weight is 299 g/mol. The molecule has 0 aromatic heterocycles. The number of carbonyl (C=O) groups excluding carboxylic acids is 1. The molecule has 7 heteroatoms. The molecule has 0 bridgehead atoms. The number of hydrogen-bond acceptors (Lipinski definition) is 3. The lowest BCUT2D eigenvalue weighted by molar-refractivity contribution is 0.0698. The van der Waals surface area contributed by atoms with Crippen LogP contribution in [0, 0.1) is 0 Å². The third-order valence-corrected chi connectivity index (χ3v) is 2.70. The molecule has 0 fully saturated rings. The van der Waals surface area contributed by atoms with Gasteiger partial charge in [-0.1, -0.05) is 17.7 Å². The molecular weight excluding hydrogens is 284 g/mol. The second kappa shape index (κ2) is 7.52. The number of nitrogens with zero attached hydrogens (tertiary/aromatic N) is 1. The van der Waals surface area contributed by atoms with E-state index < -0.39 is 12.0 Å². The van der Waals surface area contributed by atoms with E-state index in [1.807, 2.05) is 0 Å². The molecule has 0 heterocycles. The predicted octanol–water partition coefficient (Wildman–Crippen LogP) is 2.05. The number of urea groups is 1. The van der Waals surface area contributed by atoms with E-state index in [1.54, 1.807) is 0 Å². The molecular formula is C13H15ClN2O4. The van der Waals surface area contributed by atoms with Crippen LogP contribution in [0.15, 0.2) is 30.9 Å². The molecule has 0 saturated heterocycles. The summed E-state index contributed by atoms with van der Waals surface area (Å²) < 4.78 is 0. The number of carboxylic acids is 1. The van der Waals surface area contributed by atoms with E-state index in [0.29, 0.717) is 0 Å². The van der Waals surface area contributed by atoms with E-state index >= 15 is 0 Å². The van der Waals surface area contributed by atoms with Crippen LogP contribution in [0.2, 0.25) is 5.02 Å². The fourth-order valence-corrected chi connectivity index (χ4v) is 1.72. The third-order valence-electron chi connectivity index (χ3n) is 2.46. The van der Waals surface area contributed by atoms with E-state index in [-0.39, 0.29) is 36.0 Å². The Labute approximate surface area is 121 Å². The number of carbonyl (C=O) groups is 2. The summed E-state index contributed by atoms with van der Waals surface area (Å²) in [7, 11) is 0. The van der Waals surface area contributed by atoms with Crippen molar-refractivity contribution in [2.75, 3.05) is 25.0 Å². The Morgan fingerprint density at radius 1 is 1.45 bits per heavy atom. The van der Waals surface area contributed by atoms with Crippen molar-refractivity contribution in [1.29, 1.82) is 0 Å². The van der Waals surface area contributed by atoms with Crippen LogP contribution >= 0.6 is 11.6 Å². The van der Waals surface area contributed by atoms with Crippen molar-refractivity contribution in [3.05, 3.63) is 41.4 Å². The van der Waals surface area contributed by atoms with Gasteiger partial charge in [0.15, 0.2) is 0 Å². The predicted molar refractivity (Wildman–Crippen MR) is 76.3 cm³/mol. The number of carboxylic acid groups (broad SMARTS) is 1. The Hall–Kier alpha value is -2.05. The lowest BCUT2D eigenvalue weighted by Crippen LogP contribution is -2.37. The second-order valence-corrected chi connectivity index (χ2v) is 4.32. The molecule has 2 amide bonds. The van der Waals surface area contributed by atoms with E-state index in [0.717, 1.165) is 0 Å². The zero-order chi connectivity index (χ0) is 15.1. The van der Waals surface area contributed by atoms with Gasteiger partial charge in [-0.05, 0) is 18.2 Å². The van der Waals surface area contributed by atoms with Crippen molar-refractivity contribution in [3.8, 4) is 0 Å². The van der Waals surface area contributed by atoms with Gasteiger partial charge in [-0.3, -0.25) is 0 Å². The summed E-state index contributed by atoms with van der Waals surface area (Å²) in [6, 6.07) is 3.62. The van der Waals surface area contributed by atoms with E-state index in [9.17, 15) is 9.59 Å². The van der Waals surface area contributed by atoms with Crippen LogP contribution in [0.1, 0.15) is 10.4 Å². The number of anilines is 1. The Bertz CT molecular complexity index is 519. The van der Waals surface area contributed by atoms with Crippen LogP contribution in [-0.4, -0.2) is 46.8 Å².